The van der Waals surface area contributed by atoms with Gasteiger partial charge in [-0.2, -0.15) is 13.2 Å². The number of nitrogens with two attached hydrogens (primary N) is 1. The van der Waals surface area contributed by atoms with Crippen molar-refractivity contribution >= 4 is 6.09 Å². The molecule has 0 radical (unpaired) electrons. The molecule has 0 spiro atoms. The molecule has 2 aromatic carbocycles. The van der Waals surface area contributed by atoms with Gasteiger partial charge in [0.15, 0.2) is 0 Å². The van der Waals surface area contributed by atoms with Gasteiger partial charge in [-0.1, -0.05) is 42.0 Å². The van der Waals surface area contributed by atoms with Crippen LogP contribution in [0.1, 0.15) is 48.1 Å². The van der Waals surface area contributed by atoms with Gasteiger partial charge in [0.05, 0.1) is 23.8 Å². The molecule has 1 fully saturated rings. The van der Waals surface area contributed by atoms with Crippen molar-refractivity contribution in [3.8, 4) is 0 Å². The predicted molar refractivity (Wildman–Crippen MR) is 110 cm³/mol. The molecular formula is C23H27F3N2O3. The quantitative estimate of drug-likeness (QED) is 0.680. The zero-order valence-corrected chi connectivity index (χ0v) is 17.5. The molecule has 5 nitrogen and oxygen atoms in total. The Morgan fingerprint density at radius 1 is 1.26 bits per heavy atom. The molecule has 3 N–H and O–H groups in total. The Hall–Kier alpha value is -2.58. The van der Waals surface area contributed by atoms with Crippen molar-refractivity contribution in [2.45, 2.75) is 50.6 Å². The molecule has 3 atom stereocenters. The minimum Gasteiger partial charge on any atom is -0.445 e. The Balaban J connectivity index is 1.77. The zero-order chi connectivity index (χ0) is 22.6. The molecule has 2 aromatic rings. The SMILES string of the molecule is Cc1cc([C@@H](C)OC[C@@]2(c3ccccc3)CC[C@@H](OC(N)=O)CN2)cc(C(F)(F)F)c1. The highest BCUT2D eigenvalue weighted by atomic mass is 19.4. The molecule has 0 bridgehead atoms. The van der Waals surface area contributed by atoms with Crippen LogP contribution in [0.25, 0.3) is 0 Å². The molecular weight excluding hydrogens is 409 g/mol. The number of alkyl halides is 3. The maximum atomic E-state index is 13.2. The van der Waals surface area contributed by atoms with E-state index in [0.717, 1.165) is 17.7 Å². The number of aryl methyl sites for hydroxylation is 1. The standard InChI is InChI=1S/C23H27F3N2O3/c1-15-10-17(12-19(11-15)23(24,25)26)16(2)30-14-22(18-6-4-3-5-7-18)9-8-20(13-28-22)31-21(27)29/h3-7,10-12,16,20,28H,8-9,13-14H2,1-2H3,(H2,27,29)/t16-,20-,22-/m1/s1. The number of rotatable bonds is 6. The molecule has 0 aromatic heterocycles. The number of halogens is 3. The molecule has 1 heterocycles. The van der Waals surface area contributed by atoms with Gasteiger partial charge in [0.25, 0.3) is 0 Å². The predicted octanol–water partition coefficient (Wildman–Crippen LogP) is 4.83. The van der Waals surface area contributed by atoms with Crippen molar-refractivity contribution in [1.82, 2.24) is 5.32 Å². The van der Waals surface area contributed by atoms with Crippen molar-refractivity contribution in [1.29, 1.82) is 0 Å². The van der Waals surface area contributed by atoms with E-state index in [1.54, 1.807) is 19.9 Å². The number of benzene rings is 2. The van der Waals surface area contributed by atoms with Crippen LogP contribution < -0.4 is 11.1 Å². The van der Waals surface area contributed by atoms with Crippen LogP contribution in [0.4, 0.5) is 18.0 Å². The second-order valence-corrected chi connectivity index (χ2v) is 8.01. The van der Waals surface area contributed by atoms with E-state index in [1.807, 2.05) is 30.3 Å². The highest BCUT2D eigenvalue weighted by Crippen LogP contribution is 2.35. The van der Waals surface area contributed by atoms with Crippen molar-refractivity contribution in [2.75, 3.05) is 13.2 Å². The fourth-order valence-electron chi connectivity index (χ4n) is 3.96. The smallest absolute Gasteiger partial charge is 0.416 e. The monoisotopic (exact) mass is 436 g/mol. The molecule has 1 aliphatic rings. The van der Waals surface area contributed by atoms with Crippen LogP contribution in [-0.2, 0) is 21.2 Å². The average molecular weight is 436 g/mol. The van der Waals surface area contributed by atoms with E-state index >= 15 is 0 Å². The number of carbonyl (C=O) groups is 1. The van der Waals surface area contributed by atoms with Gasteiger partial charge < -0.3 is 20.5 Å². The van der Waals surface area contributed by atoms with Crippen molar-refractivity contribution in [3.63, 3.8) is 0 Å². The Kier molecular flexibility index (Phi) is 6.91. The number of amides is 1. The molecule has 0 aliphatic carbocycles. The summed E-state index contributed by atoms with van der Waals surface area (Å²) in [6.07, 6.45) is -4.90. The number of hydrogen-bond acceptors (Lipinski definition) is 4. The highest BCUT2D eigenvalue weighted by Gasteiger charge is 2.38. The Bertz CT molecular complexity index is 895. The summed E-state index contributed by atoms with van der Waals surface area (Å²) in [6, 6.07) is 13.7. The van der Waals surface area contributed by atoms with E-state index in [1.165, 1.54) is 0 Å². The maximum Gasteiger partial charge on any atom is 0.416 e. The second-order valence-electron chi connectivity index (χ2n) is 8.01. The third kappa shape index (κ3) is 5.77. The van der Waals surface area contributed by atoms with Crippen LogP contribution in [0.5, 0.6) is 0 Å². The number of ether oxygens (including phenoxy) is 2. The molecule has 168 valence electrons. The molecule has 1 saturated heterocycles. The van der Waals surface area contributed by atoms with Gasteiger partial charge in [0.2, 0.25) is 0 Å². The molecule has 1 aliphatic heterocycles. The number of carbonyl (C=O) groups excluding carboxylic acids is 1. The average Bonchev–Trinajstić information content (AvgIpc) is 2.72. The van der Waals surface area contributed by atoms with E-state index in [-0.39, 0.29) is 12.7 Å². The zero-order valence-electron chi connectivity index (χ0n) is 17.5. The van der Waals surface area contributed by atoms with Crippen LogP contribution in [0.15, 0.2) is 48.5 Å². The maximum absolute atomic E-state index is 13.2. The van der Waals surface area contributed by atoms with Gasteiger partial charge in [-0.3, -0.25) is 0 Å². The van der Waals surface area contributed by atoms with Gasteiger partial charge in [0.1, 0.15) is 6.10 Å². The fourth-order valence-corrected chi connectivity index (χ4v) is 3.96. The van der Waals surface area contributed by atoms with E-state index < -0.39 is 29.5 Å². The van der Waals surface area contributed by atoms with Crippen molar-refractivity contribution < 1.29 is 27.4 Å². The lowest BCUT2D eigenvalue weighted by Gasteiger charge is -2.41. The first-order valence-corrected chi connectivity index (χ1v) is 10.2. The number of nitrogens with one attached hydrogen (secondary N) is 1. The Morgan fingerprint density at radius 3 is 2.55 bits per heavy atom. The van der Waals surface area contributed by atoms with Gasteiger partial charge in [0, 0.05) is 6.54 Å². The first-order chi connectivity index (χ1) is 14.6. The normalized spacial score (nSPS) is 22.7. The first-order valence-electron chi connectivity index (χ1n) is 10.2. The summed E-state index contributed by atoms with van der Waals surface area (Å²) in [4.78, 5) is 11.1. The first kappa shape index (κ1) is 23.1. The lowest BCUT2D eigenvalue weighted by molar-refractivity contribution is -0.137. The summed E-state index contributed by atoms with van der Waals surface area (Å²) in [7, 11) is 0. The molecule has 3 rings (SSSR count). The van der Waals surface area contributed by atoms with E-state index in [0.29, 0.717) is 30.5 Å². The summed E-state index contributed by atoms with van der Waals surface area (Å²) in [5, 5.41) is 3.42. The topological polar surface area (TPSA) is 73.6 Å². The fraction of sp³-hybridized carbons (Fsp3) is 0.435. The molecule has 0 unspecified atom stereocenters. The minimum atomic E-state index is -4.41. The van der Waals surface area contributed by atoms with Crippen LogP contribution in [0.2, 0.25) is 0 Å². The van der Waals surface area contributed by atoms with E-state index in [2.05, 4.69) is 5.32 Å². The summed E-state index contributed by atoms with van der Waals surface area (Å²) in [5.41, 5.74) is 5.89. The van der Waals surface area contributed by atoms with Gasteiger partial charge in [-0.15, -0.1) is 0 Å². The number of hydrogen-bond donors (Lipinski definition) is 2. The third-order valence-corrected chi connectivity index (χ3v) is 5.65. The summed E-state index contributed by atoms with van der Waals surface area (Å²) in [6.45, 7) is 4.03. The Labute approximate surface area is 179 Å². The summed E-state index contributed by atoms with van der Waals surface area (Å²) >= 11 is 0. The van der Waals surface area contributed by atoms with E-state index in [4.69, 9.17) is 15.2 Å². The van der Waals surface area contributed by atoms with Crippen LogP contribution in [0.3, 0.4) is 0 Å². The number of piperidine rings is 1. The number of primary amides is 1. The summed E-state index contributed by atoms with van der Waals surface area (Å²) < 4.78 is 50.8. The molecule has 1 amide bonds. The largest absolute Gasteiger partial charge is 0.445 e. The Morgan fingerprint density at radius 2 is 1.97 bits per heavy atom. The molecule has 31 heavy (non-hydrogen) atoms. The van der Waals surface area contributed by atoms with Crippen molar-refractivity contribution in [3.05, 3.63) is 70.8 Å². The lowest BCUT2D eigenvalue weighted by atomic mass is 9.82. The third-order valence-electron chi connectivity index (χ3n) is 5.65. The molecule has 0 saturated carbocycles. The molecule has 8 heteroatoms. The minimum absolute atomic E-state index is 0.247. The van der Waals surface area contributed by atoms with Gasteiger partial charge >= 0.3 is 12.3 Å². The van der Waals surface area contributed by atoms with Crippen LogP contribution in [0, 0.1) is 6.92 Å². The highest BCUT2D eigenvalue weighted by molar-refractivity contribution is 5.64. The summed E-state index contributed by atoms with van der Waals surface area (Å²) in [5.74, 6) is 0. The van der Waals surface area contributed by atoms with E-state index in [9.17, 15) is 18.0 Å². The van der Waals surface area contributed by atoms with Crippen molar-refractivity contribution in [2.24, 2.45) is 5.73 Å². The van der Waals surface area contributed by atoms with Crippen LogP contribution in [-0.4, -0.2) is 25.3 Å². The van der Waals surface area contributed by atoms with Crippen LogP contribution >= 0.6 is 0 Å². The lowest BCUT2D eigenvalue weighted by Crippen LogP contribution is -2.54. The van der Waals surface area contributed by atoms with Gasteiger partial charge in [-0.05, 0) is 49.9 Å². The van der Waals surface area contributed by atoms with Gasteiger partial charge in [-0.25, -0.2) is 4.79 Å². The second kappa shape index (κ2) is 9.28.